The van der Waals surface area contributed by atoms with Crippen molar-refractivity contribution in [1.82, 2.24) is 0 Å². The van der Waals surface area contributed by atoms with Gasteiger partial charge in [0.05, 0.1) is 5.69 Å². The summed E-state index contributed by atoms with van der Waals surface area (Å²) in [5.41, 5.74) is 4.97. The molecule has 0 heterocycles. The normalized spacial score (nSPS) is 13.8. The van der Waals surface area contributed by atoms with Crippen LogP contribution in [-0.4, -0.2) is 0 Å². The Labute approximate surface area is 143 Å². The molecule has 0 amide bonds. The van der Waals surface area contributed by atoms with Crippen LogP contribution in [0.15, 0.2) is 90.7 Å². The molecular formula is C23H21N. The van der Waals surface area contributed by atoms with Crippen LogP contribution in [0, 0.1) is 6.92 Å². The molecule has 0 saturated heterocycles. The first-order valence-electron chi connectivity index (χ1n) is 8.54. The van der Waals surface area contributed by atoms with E-state index in [1.54, 1.807) is 0 Å². The highest BCUT2D eigenvalue weighted by Gasteiger charge is 2.16. The SMILES string of the molecule is Cc1cccc(N(C2=CCCC=C2)c2cccc3ccccc23)c1. The predicted molar refractivity (Wildman–Crippen MR) is 104 cm³/mol. The predicted octanol–water partition coefficient (Wildman–Crippen LogP) is 6.52. The average Bonchev–Trinajstić information content (AvgIpc) is 2.63. The fraction of sp³-hybridized carbons (Fsp3) is 0.130. The van der Waals surface area contributed by atoms with Crippen molar-refractivity contribution in [2.45, 2.75) is 19.8 Å². The highest BCUT2D eigenvalue weighted by Crippen LogP contribution is 2.37. The molecule has 1 nitrogen and oxygen atoms in total. The van der Waals surface area contributed by atoms with Gasteiger partial charge in [0.1, 0.15) is 0 Å². The van der Waals surface area contributed by atoms with Gasteiger partial charge in [-0.25, -0.2) is 0 Å². The van der Waals surface area contributed by atoms with Crippen molar-refractivity contribution in [2.24, 2.45) is 0 Å². The van der Waals surface area contributed by atoms with Gasteiger partial charge in [-0.15, -0.1) is 0 Å². The van der Waals surface area contributed by atoms with E-state index in [9.17, 15) is 0 Å². The summed E-state index contributed by atoms with van der Waals surface area (Å²) in [7, 11) is 0. The molecule has 0 saturated carbocycles. The summed E-state index contributed by atoms with van der Waals surface area (Å²) in [6.07, 6.45) is 9.07. The Balaban J connectivity index is 1.95. The highest BCUT2D eigenvalue weighted by molar-refractivity contribution is 5.97. The second kappa shape index (κ2) is 6.37. The first-order valence-corrected chi connectivity index (χ1v) is 8.54. The number of hydrogen-bond acceptors (Lipinski definition) is 1. The van der Waals surface area contributed by atoms with Crippen molar-refractivity contribution < 1.29 is 0 Å². The third kappa shape index (κ3) is 2.74. The number of anilines is 2. The standard InChI is InChI=1S/C23H21N/c1-18-9-7-14-21(17-18)24(20-12-3-2-4-13-20)23-16-8-11-19-10-5-6-15-22(19)23/h3,5-17H,2,4H2,1H3. The second-order valence-electron chi connectivity index (χ2n) is 6.28. The Morgan fingerprint density at radius 1 is 0.833 bits per heavy atom. The zero-order valence-electron chi connectivity index (χ0n) is 13.9. The van der Waals surface area contributed by atoms with Gasteiger partial charge in [0.2, 0.25) is 0 Å². The van der Waals surface area contributed by atoms with E-state index in [4.69, 9.17) is 0 Å². The summed E-state index contributed by atoms with van der Waals surface area (Å²) >= 11 is 0. The Morgan fingerprint density at radius 2 is 1.67 bits per heavy atom. The van der Waals surface area contributed by atoms with Gasteiger partial charge in [0, 0.05) is 16.8 Å². The summed E-state index contributed by atoms with van der Waals surface area (Å²) in [5, 5.41) is 2.55. The molecule has 0 aromatic heterocycles. The molecule has 24 heavy (non-hydrogen) atoms. The van der Waals surface area contributed by atoms with Gasteiger partial charge in [-0.1, -0.05) is 60.7 Å². The van der Waals surface area contributed by atoms with Gasteiger partial charge in [-0.05, 0) is 55.0 Å². The van der Waals surface area contributed by atoms with Crippen LogP contribution in [0.1, 0.15) is 18.4 Å². The quantitative estimate of drug-likeness (QED) is 0.532. The monoisotopic (exact) mass is 311 g/mol. The molecule has 118 valence electrons. The maximum absolute atomic E-state index is 2.38. The molecule has 1 aliphatic carbocycles. The number of rotatable bonds is 3. The van der Waals surface area contributed by atoms with Crippen molar-refractivity contribution >= 4 is 22.1 Å². The molecule has 0 radical (unpaired) electrons. The number of hydrogen-bond donors (Lipinski definition) is 0. The average molecular weight is 311 g/mol. The van der Waals surface area contributed by atoms with Crippen molar-refractivity contribution in [3.8, 4) is 0 Å². The Hall–Kier alpha value is -2.80. The molecule has 1 heteroatoms. The Kier molecular flexibility index (Phi) is 3.92. The zero-order chi connectivity index (χ0) is 16.4. The summed E-state index contributed by atoms with van der Waals surface area (Å²) < 4.78 is 0. The molecular weight excluding hydrogens is 290 g/mol. The lowest BCUT2D eigenvalue weighted by molar-refractivity contribution is 0.998. The minimum atomic E-state index is 1.10. The summed E-state index contributed by atoms with van der Waals surface area (Å²) in [6, 6.07) is 23.9. The molecule has 0 fully saturated rings. The lowest BCUT2D eigenvalue weighted by Crippen LogP contribution is -2.16. The van der Waals surface area contributed by atoms with Crippen molar-refractivity contribution in [3.63, 3.8) is 0 Å². The summed E-state index contributed by atoms with van der Waals surface area (Å²) in [4.78, 5) is 2.38. The van der Waals surface area contributed by atoms with Gasteiger partial charge in [0.25, 0.3) is 0 Å². The van der Waals surface area contributed by atoms with E-state index < -0.39 is 0 Å². The summed E-state index contributed by atoms with van der Waals surface area (Å²) in [6.45, 7) is 2.15. The van der Waals surface area contributed by atoms with E-state index in [1.807, 2.05) is 0 Å². The van der Waals surface area contributed by atoms with Gasteiger partial charge in [-0.3, -0.25) is 0 Å². The minimum Gasteiger partial charge on any atom is -0.310 e. The van der Waals surface area contributed by atoms with E-state index in [0.29, 0.717) is 0 Å². The largest absolute Gasteiger partial charge is 0.310 e. The molecule has 4 rings (SSSR count). The van der Waals surface area contributed by atoms with Gasteiger partial charge in [-0.2, -0.15) is 0 Å². The van der Waals surface area contributed by atoms with Crippen LogP contribution in [0.5, 0.6) is 0 Å². The van der Waals surface area contributed by atoms with E-state index in [1.165, 1.54) is 33.4 Å². The van der Waals surface area contributed by atoms with Crippen LogP contribution in [0.25, 0.3) is 10.8 Å². The number of aryl methyl sites for hydroxylation is 1. The molecule has 3 aromatic carbocycles. The van der Waals surface area contributed by atoms with E-state index >= 15 is 0 Å². The third-order valence-electron chi connectivity index (χ3n) is 4.50. The fourth-order valence-corrected chi connectivity index (χ4v) is 3.36. The lowest BCUT2D eigenvalue weighted by Gasteiger charge is -2.29. The molecule has 0 spiro atoms. The van der Waals surface area contributed by atoms with Crippen molar-refractivity contribution in [1.29, 1.82) is 0 Å². The van der Waals surface area contributed by atoms with Crippen molar-refractivity contribution in [2.75, 3.05) is 4.90 Å². The second-order valence-corrected chi connectivity index (χ2v) is 6.28. The molecule has 0 bridgehead atoms. The van der Waals surface area contributed by atoms with E-state index in [2.05, 4.69) is 96.8 Å². The van der Waals surface area contributed by atoms with Crippen molar-refractivity contribution in [3.05, 3.63) is 96.2 Å². The maximum Gasteiger partial charge on any atom is 0.0539 e. The van der Waals surface area contributed by atoms with Crippen LogP contribution in [-0.2, 0) is 0 Å². The third-order valence-corrected chi connectivity index (χ3v) is 4.50. The highest BCUT2D eigenvalue weighted by atomic mass is 15.1. The lowest BCUT2D eigenvalue weighted by atomic mass is 10.0. The van der Waals surface area contributed by atoms with Crippen LogP contribution in [0.2, 0.25) is 0 Å². The molecule has 3 aromatic rings. The van der Waals surface area contributed by atoms with Crippen LogP contribution in [0.4, 0.5) is 11.4 Å². The summed E-state index contributed by atoms with van der Waals surface area (Å²) in [5.74, 6) is 0. The number of allylic oxidation sites excluding steroid dienone is 3. The first-order chi connectivity index (χ1) is 11.8. The van der Waals surface area contributed by atoms with Gasteiger partial charge in [0.15, 0.2) is 0 Å². The van der Waals surface area contributed by atoms with E-state index in [-0.39, 0.29) is 0 Å². The molecule has 0 atom stereocenters. The number of benzene rings is 3. The molecule has 1 aliphatic rings. The molecule has 0 unspecified atom stereocenters. The topological polar surface area (TPSA) is 3.24 Å². The Bertz CT molecular complexity index is 928. The maximum atomic E-state index is 2.38. The van der Waals surface area contributed by atoms with E-state index in [0.717, 1.165) is 12.8 Å². The minimum absolute atomic E-state index is 1.10. The van der Waals surface area contributed by atoms with Crippen LogP contribution in [0.3, 0.4) is 0 Å². The van der Waals surface area contributed by atoms with Gasteiger partial charge < -0.3 is 4.90 Å². The van der Waals surface area contributed by atoms with Crippen LogP contribution < -0.4 is 4.90 Å². The van der Waals surface area contributed by atoms with Gasteiger partial charge >= 0.3 is 0 Å². The smallest absolute Gasteiger partial charge is 0.0539 e. The molecule has 0 aliphatic heterocycles. The number of fused-ring (bicyclic) bond motifs is 1. The Morgan fingerprint density at radius 3 is 2.50 bits per heavy atom. The van der Waals surface area contributed by atoms with Crippen LogP contribution >= 0.6 is 0 Å². The molecule has 0 N–H and O–H groups in total. The zero-order valence-corrected chi connectivity index (χ0v) is 13.9. The number of nitrogens with zero attached hydrogens (tertiary/aromatic N) is 1. The first kappa shape index (κ1) is 14.8. The fourth-order valence-electron chi connectivity index (χ4n) is 3.36.